The molecule has 3 heteroatoms. The molecule has 0 saturated carbocycles. The molecule has 1 saturated heterocycles. The number of hydrogen-bond donors (Lipinski definition) is 0. The maximum atomic E-state index is 12.2. The first kappa shape index (κ1) is 15.0. The number of carbonyl (C=O) groups excluding carboxylic acids is 1. The third kappa shape index (κ3) is 2.14. The monoisotopic (exact) mass is 276 g/mol. The van der Waals surface area contributed by atoms with E-state index in [1.807, 2.05) is 20.8 Å². The zero-order valence-corrected chi connectivity index (χ0v) is 13.0. The summed E-state index contributed by atoms with van der Waals surface area (Å²) >= 11 is 0. The summed E-state index contributed by atoms with van der Waals surface area (Å²) < 4.78 is 11.0. The highest BCUT2D eigenvalue weighted by Gasteiger charge is 2.72. The van der Waals surface area contributed by atoms with Gasteiger partial charge in [-0.05, 0) is 37.3 Å². The van der Waals surface area contributed by atoms with Crippen LogP contribution in [0.5, 0.6) is 0 Å². The van der Waals surface area contributed by atoms with Crippen molar-refractivity contribution >= 4 is 5.97 Å². The highest BCUT2D eigenvalue weighted by atomic mass is 16.7. The van der Waals surface area contributed by atoms with Crippen molar-refractivity contribution in [2.45, 2.75) is 58.2 Å². The van der Waals surface area contributed by atoms with Crippen molar-refractivity contribution in [3.05, 3.63) is 35.4 Å². The molecule has 2 unspecified atom stereocenters. The van der Waals surface area contributed by atoms with Crippen LogP contribution in [-0.2, 0) is 19.9 Å². The van der Waals surface area contributed by atoms with E-state index in [4.69, 9.17) is 9.47 Å². The van der Waals surface area contributed by atoms with Gasteiger partial charge in [0.2, 0.25) is 0 Å². The topological polar surface area (TPSA) is 38.8 Å². The molecule has 1 aliphatic heterocycles. The molecule has 1 aliphatic rings. The Morgan fingerprint density at radius 2 is 1.85 bits per heavy atom. The van der Waals surface area contributed by atoms with Gasteiger partial charge in [0.25, 0.3) is 0 Å². The van der Waals surface area contributed by atoms with Crippen molar-refractivity contribution < 1.29 is 14.3 Å². The van der Waals surface area contributed by atoms with Crippen LogP contribution in [0.2, 0.25) is 0 Å². The van der Waals surface area contributed by atoms with E-state index in [1.54, 1.807) is 0 Å². The van der Waals surface area contributed by atoms with Crippen molar-refractivity contribution in [3.63, 3.8) is 0 Å². The van der Waals surface area contributed by atoms with E-state index in [9.17, 15) is 4.79 Å². The van der Waals surface area contributed by atoms with Gasteiger partial charge in [-0.3, -0.25) is 0 Å². The van der Waals surface area contributed by atoms with Gasteiger partial charge in [0.15, 0.2) is 5.60 Å². The molecular formula is C17H24O3. The van der Waals surface area contributed by atoms with E-state index in [0.29, 0.717) is 18.9 Å². The first-order chi connectivity index (χ1) is 9.41. The SMILES string of the molecule is CCOC(=O)C1(CC)OC1(C)c1ccc(C(C)C)cc1. The fraction of sp³-hybridized carbons (Fsp3) is 0.588. The van der Waals surface area contributed by atoms with Crippen LogP contribution in [0, 0.1) is 0 Å². The van der Waals surface area contributed by atoms with Gasteiger partial charge in [0.1, 0.15) is 5.60 Å². The predicted molar refractivity (Wildman–Crippen MR) is 78.6 cm³/mol. The average molecular weight is 276 g/mol. The summed E-state index contributed by atoms with van der Waals surface area (Å²) in [5.74, 6) is 0.246. The Kier molecular flexibility index (Phi) is 3.92. The van der Waals surface area contributed by atoms with Gasteiger partial charge in [-0.1, -0.05) is 45.0 Å². The number of benzene rings is 1. The molecule has 1 fully saturated rings. The van der Waals surface area contributed by atoms with E-state index in [-0.39, 0.29) is 5.97 Å². The minimum atomic E-state index is -0.817. The van der Waals surface area contributed by atoms with E-state index >= 15 is 0 Å². The first-order valence-corrected chi connectivity index (χ1v) is 7.39. The lowest BCUT2D eigenvalue weighted by Gasteiger charge is -2.15. The molecule has 0 bridgehead atoms. The Labute approximate surface area is 121 Å². The van der Waals surface area contributed by atoms with Crippen molar-refractivity contribution in [2.24, 2.45) is 0 Å². The minimum Gasteiger partial charge on any atom is -0.464 e. The van der Waals surface area contributed by atoms with E-state index in [2.05, 4.69) is 38.1 Å². The lowest BCUT2D eigenvalue weighted by Crippen LogP contribution is -2.32. The van der Waals surface area contributed by atoms with Crippen LogP contribution >= 0.6 is 0 Å². The number of rotatable bonds is 5. The standard InChI is InChI=1S/C17H24O3/c1-6-17(15(18)19-7-2)16(5,20-17)14-10-8-13(9-11-14)12(3)4/h8-12H,6-7H2,1-5H3. The Morgan fingerprint density at radius 3 is 2.30 bits per heavy atom. The normalized spacial score (nSPS) is 28.5. The second kappa shape index (κ2) is 5.21. The van der Waals surface area contributed by atoms with Crippen molar-refractivity contribution in [1.29, 1.82) is 0 Å². The van der Waals surface area contributed by atoms with Crippen molar-refractivity contribution in [1.82, 2.24) is 0 Å². The molecule has 2 rings (SSSR count). The summed E-state index contributed by atoms with van der Waals surface area (Å²) in [6.45, 7) is 10.5. The zero-order valence-electron chi connectivity index (χ0n) is 13.0. The molecule has 2 atom stereocenters. The van der Waals surface area contributed by atoms with Crippen molar-refractivity contribution in [2.75, 3.05) is 6.61 Å². The van der Waals surface area contributed by atoms with Gasteiger partial charge in [-0.15, -0.1) is 0 Å². The van der Waals surface area contributed by atoms with Crippen LogP contribution in [0.15, 0.2) is 24.3 Å². The highest BCUT2D eigenvalue weighted by Crippen LogP contribution is 2.58. The molecule has 3 nitrogen and oxygen atoms in total. The summed E-state index contributed by atoms with van der Waals surface area (Å²) in [6, 6.07) is 8.34. The Hall–Kier alpha value is -1.35. The second-order valence-corrected chi connectivity index (χ2v) is 5.81. The Bertz CT molecular complexity index is 491. The molecule has 1 aromatic carbocycles. The molecule has 1 heterocycles. The summed E-state index contributed by atoms with van der Waals surface area (Å²) in [5.41, 5.74) is 0.944. The summed E-state index contributed by atoms with van der Waals surface area (Å²) in [6.07, 6.45) is 0.619. The highest BCUT2D eigenvalue weighted by molar-refractivity contribution is 5.85. The van der Waals surface area contributed by atoms with Gasteiger partial charge in [-0.25, -0.2) is 4.79 Å². The number of esters is 1. The number of epoxide rings is 1. The molecule has 0 radical (unpaired) electrons. The number of hydrogen-bond acceptors (Lipinski definition) is 3. The van der Waals surface area contributed by atoms with Gasteiger partial charge in [-0.2, -0.15) is 0 Å². The third-order valence-corrected chi connectivity index (χ3v) is 4.34. The molecular weight excluding hydrogens is 252 g/mol. The van der Waals surface area contributed by atoms with Gasteiger partial charge < -0.3 is 9.47 Å². The smallest absolute Gasteiger partial charge is 0.341 e. The molecule has 20 heavy (non-hydrogen) atoms. The zero-order chi connectivity index (χ0) is 15.0. The third-order valence-electron chi connectivity index (χ3n) is 4.34. The molecule has 0 spiro atoms. The maximum absolute atomic E-state index is 12.2. The lowest BCUT2D eigenvalue weighted by molar-refractivity contribution is -0.149. The quantitative estimate of drug-likeness (QED) is 0.607. The summed E-state index contributed by atoms with van der Waals surface area (Å²) in [4.78, 5) is 12.2. The molecule has 0 amide bonds. The molecule has 110 valence electrons. The van der Waals surface area contributed by atoms with Crippen molar-refractivity contribution in [3.8, 4) is 0 Å². The largest absolute Gasteiger partial charge is 0.464 e. The Morgan fingerprint density at radius 1 is 1.25 bits per heavy atom. The van der Waals surface area contributed by atoms with Crippen LogP contribution < -0.4 is 0 Å². The average Bonchev–Trinajstić information content (AvgIpc) is 3.07. The van der Waals surface area contributed by atoms with Crippen LogP contribution in [0.4, 0.5) is 0 Å². The Balaban J connectivity index is 2.26. The molecule has 1 aromatic rings. The van der Waals surface area contributed by atoms with Gasteiger partial charge >= 0.3 is 5.97 Å². The van der Waals surface area contributed by atoms with E-state index in [0.717, 1.165) is 5.56 Å². The van der Waals surface area contributed by atoms with Crippen LogP contribution in [0.1, 0.15) is 58.1 Å². The second-order valence-electron chi connectivity index (χ2n) is 5.81. The van der Waals surface area contributed by atoms with Gasteiger partial charge in [0.05, 0.1) is 6.61 Å². The van der Waals surface area contributed by atoms with Crippen LogP contribution in [0.3, 0.4) is 0 Å². The van der Waals surface area contributed by atoms with Crippen LogP contribution in [0.25, 0.3) is 0 Å². The predicted octanol–water partition coefficient (Wildman–Crippen LogP) is 3.77. The number of ether oxygens (including phenoxy) is 2. The fourth-order valence-electron chi connectivity index (χ4n) is 2.84. The van der Waals surface area contributed by atoms with E-state index < -0.39 is 11.2 Å². The minimum absolute atomic E-state index is 0.252. The maximum Gasteiger partial charge on any atom is 0.341 e. The summed E-state index contributed by atoms with van der Waals surface area (Å²) in [5, 5.41) is 0. The summed E-state index contributed by atoms with van der Waals surface area (Å²) in [7, 11) is 0. The van der Waals surface area contributed by atoms with Gasteiger partial charge in [0, 0.05) is 0 Å². The first-order valence-electron chi connectivity index (χ1n) is 7.39. The fourth-order valence-corrected chi connectivity index (χ4v) is 2.84. The molecule has 0 aromatic heterocycles. The molecule has 0 aliphatic carbocycles. The molecule has 0 N–H and O–H groups in total. The van der Waals surface area contributed by atoms with E-state index in [1.165, 1.54) is 5.56 Å². The lowest BCUT2D eigenvalue weighted by atomic mass is 9.85. The number of carbonyl (C=O) groups is 1. The van der Waals surface area contributed by atoms with Crippen LogP contribution in [-0.4, -0.2) is 18.2 Å².